The summed E-state index contributed by atoms with van der Waals surface area (Å²) in [7, 11) is 1.48. The van der Waals surface area contributed by atoms with Crippen LogP contribution in [0.3, 0.4) is 0 Å². The summed E-state index contributed by atoms with van der Waals surface area (Å²) in [5.74, 6) is -1.88. The van der Waals surface area contributed by atoms with Crippen LogP contribution in [0, 0.1) is 19.7 Å². The van der Waals surface area contributed by atoms with E-state index in [1.807, 2.05) is 19.9 Å². The number of pyridine rings is 1. The smallest absolute Gasteiger partial charge is 0.296 e. The average molecular weight is 446 g/mol. The van der Waals surface area contributed by atoms with Crippen molar-refractivity contribution in [1.82, 2.24) is 9.88 Å². The topological polar surface area (TPSA) is 79.7 Å². The van der Waals surface area contributed by atoms with Gasteiger partial charge in [0.2, 0.25) is 0 Å². The van der Waals surface area contributed by atoms with Crippen LogP contribution < -0.4 is 4.74 Å². The van der Waals surface area contributed by atoms with E-state index < -0.39 is 23.5 Å². The van der Waals surface area contributed by atoms with Gasteiger partial charge < -0.3 is 14.7 Å². The maximum absolute atomic E-state index is 13.4. The van der Waals surface area contributed by atoms with Gasteiger partial charge in [0.1, 0.15) is 23.4 Å². The summed E-state index contributed by atoms with van der Waals surface area (Å²) in [5.41, 5.74) is 2.99. The van der Waals surface area contributed by atoms with Gasteiger partial charge in [-0.25, -0.2) is 4.39 Å². The predicted octanol–water partition coefficient (Wildman–Crippen LogP) is 4.47. The Morgan fingerprint density at radius 3 is 2.48 bits per heavy atom. The van der Waals surface area contributed by atoms with Gasteiger partial charge >= 0.3 is 0 Å². The minimum Gasteiger partial charge on any atom is -0.507 e. The molecule has 0 spiro atoms. The first-order valence-corrected chi connectivity index (χ1v) is 10.4. The molecule has 1 N–H and O–H groups in total. The number of benzene rings is 2. The number of carbonyl (C=O) groups excluding carboxylic acids is 2. The summed E-state index contributed by atoms with van der Waals surface area (Å²) in [6.45, 7) is 3.76. The van der Waals surface area contributed by atoms with Crippen molar-refractivity contribution in [2.75, 3.05) is 7.11 Å². The number of nitrogens with zero attached hydrogens (tertiary/aromatic N) is 2. The van der Waals surface area contributed by atoms with Gasteiger partial charge in [-0.15, -0.1) is 0 Å². The van der Waals surface area contributed by atoms with E-state index in [4.69, 9.17) is 4.74 Å². The number of hydrogen-bond acceptors (Lipinski definition) is 5. The summed E-state index contributed by atoms with van der Waals surface area (Å²) in [5, 5.41) is 11.3. The Bertz CT molecular complexity index is 1250. The summed E-state index contributed by atoms with van der Waals surface area (Å²) in [6, 6.07) is 13.6. The van der Waals surface area contributed by atoms with Crippen molar-refractivity contribution in [3.8, 4) is 5.75 Å². The van der Waals surface area contributed by atoms with Crippen LogP contribution in [0.5, 0.6) is 5.75 Å². The SMILES string of the molecule is COc1c(C)cc(C)cc1/C(O)=C1\C(=O)C(=O)N(Cc2ccc(F)cc2)C1c1ccccn1. The molecule has 1 aromatic heterocycles. The molecule has 2 aromatic carbocycles. The van der Waals surface area contributed by atoms with Gasteiger partial charge in [-0.3, -0.25) is 14.6 Å². The lowest BCUT2D eigenvalue weighted by atomic mass is 9.95. The molecule has 0 bridgehead atoms. The second-order valence-electron chi connectivity index (χ2n) is 7.97. The number of aryl methyl sites for hydroxylation is 2. The zero-order valence-corrected chi connectivity index (χ0v) is 18.5. The zero-order chi connectivity index (χ0) is 23.7. The Kier molecular flexibility index (Phi) is 5.96. The van der Waals surface area contributed by atoms with Crippen molar-refractivity contribution in [2.45, 2.75) is 26.4 Å². The Morgan fingerprint density at radius 2 is 1.85 bits per heavy atom. The van der Waals surface area contributed by atoms with Crippen LogP contribution in [-0.4, -0.2) is 33.8 Å². The van der Waals surface area contributed by atoms with E-state index in [9.17, 15) is 19.1 Å². The second-order valence-corrected chi connectivity index (χ2v) is 7.97. The van der Waals surface area contributed by atoms with Gasteiger partial charge in [0.25, 0.3) is 11.7 Å². The number of ether oxygens (including phenoxy) is 1. The lowest BCUT2D eigenvalue weighted by molar-refractivity contribution is -0.140. The number of methoxy groups -OCH3 is 1. The van der Waals surface area contributed by atoms with Crippen LogP contribution in [0.1, 0.15) is 34.0 Å². The molecular weight excluding hydrogens is 423 g/mol. The number of ketones is 1. The van der Waals surface area contributed by atoms with E-state index in [1.54, 1.807) is 42.6 Å². The molecule has 1 fully saturated rings. The third-order valence-corrected chi connectivity index (χ3v) is 5.65. The van der Waals surface area contributed by atoms with Crippen LogP contribution in [0.15, 0.2) is 66.4 Å². The summed E-state index contributed by atoms with van der Waals surface area (Å²) in [4.78, 5) is 32.0. The lowest BCUT2D eigenvalue weighted by Gasteiger charge is -2.25. The Balaban J connectivity index is 1.90. The van der Waals surface area contributed by atoms with Crippen LogP contribution in [-0.2, 0) is 16.1 Å². The van der Waals surface area contributed by atoms with E-state index >= 15 is 0 Å². The number of halogens is 1. The quantitative estimate of drug-likeness (QED) is 0.355. The Hall–Kier alpha value is -4.00. The first-order valence-electron chi connectivity index (χ1n) is 10.4. The molecule has 6 nitrogen and oxygen atoms in total. The summed E-state index contributed by atoms with van der Waals surface area (Å²) in [6.07, 6.45) is 1.56. The zero-order valence-electron chi connectivity index (χ0n) is 18.5. The fourth-order valence-corrected chi connectivity index (χ4v) is 4.22. The third kappa shape index (κ3) is 4.09. The van der Waals surface area contributed by atoms with Crippen LogP contribution in [0.4, 0.5) is 4.39 Å². The highest BCUT2D eigenvalue weighted by molar-refractivity contribution is 6.46. The highest BCUT2D eigenvalue weighted by Crippen LogP contribution is 2.41. The van der Waals surface area contributed by atoms with E-state index in [0.717, 1.165) is 11.1 Å². The normalized spacial score (nSPS) is 17.5. The largest absolute Gasteiger partial charge is 0.507 e. The summed E-state index contributed by atoms with van der Waals surface area (Å²) < 4.78 is 18.9. The Morgan fingerprint density at radius 1 is 1.12 bits per heavy atom. The third-order valence-electron chi connectivity index (χ3n) is 5.65. The van der Waals surface area contributed by atoms with Crippen LogP contribution in [0.2, 0.25) is 0 Å². The molecule has 3 aromatic rings. The maximum atomic E-state index is 13.4. The van der Waals surface area contributed by atoms with E-state index in [2.05, 4.69) is 4.98 Å². The number of Topliss-reactive ketones (excluding diaryl/α,β-unsaturated/α-hetero) is 1. The molecule has 2 heterocycles. The molecule has 1 atom stereocenters. The highest BCUT2D eigenvalue weighted by atomic mass is 19.1. The van der Waals surface area contributed by atoms with E-state index in [-0.39, 0.29) is 17.9 Å². The summed E-state index contributed by atoms with van der Waals surface area (Å²) >= 11 is 0. The molecule has 0 saturated carbocycles. The average Bonchev–Trinajstić information content (AvgIpc) is 3.05. The van der Waals surface area contributed by atoms with Crippen molar-refractivity contribution < 1.29 is 23.8 Å². The molecule has 1 saturated heterocycles. The minimum atomic E-state index is -0.915. The first-order chi connectivity index (χ1) is 15.8. The molecule has 0 radical (unpaired) electrons. The molecule has 168 valence electrons. The Labute approximate surface area is 191 Å². The predicted molar refractivity (Wildman–Crippen MR) is 121 cm³/mol. The van der Waals surface area contributed by atoms with Crippen molar-refractivity contribution in [3.63, 3.8) is 0 Å². The minimum absolute atomic E-state index is 0.0485. The fraction of sp³-hybridized carbons (Fsp3) is 0.192. The number of aliphatic hydroxyl groups excluding tert-OH is 1. The van der Waals surface area contributed by atoms with Crippen molar-refractivity contribution >= 4 is 17.4 Å². The number of amides is 1. The second kappa shape index (κ2) is 8.86. The van der Waals surface area contributed by atoms with Crippen molar-refractivity contribution in [2.24, 2.45) is 0 Å². The van der Waals surface area contributed by atoms with Crippen molar-refractivity contribution in [1.29, 1.82) is 0 Å². The number of likely N-dealkylation sites (tertiary alicyclic amines) is 1. The van der Waals surface area contributed by atoms with Gasteiger partial charge in [0.05, 0.1) is 23.9 Å². The molecular formula is C26H23FN2O4. The van der Waals surface area contributed by atoms with Crippen LogP contribution in [0.25, 0.3) is 5.76 Å². The number of hydrogen-bond donors (Lipinski definition) is 1. The van der Waals surface area contributed by atoms with Crippen molar-refractivity contribution in [3.05, 3.63) is 100 Å². The highest BCUT2D eigenvalue weighted by Gasteiger charge is 2.47. The first kappa shape index (κ1) is 22.2. The van der Waals surface area contributed by atoms with Gasteiger partial charge in [-0.05, 0) is 60.9 Å². The number of aromatic nitrogens is 1. The van der Waals surface area contributed by atoms with Gasteiger partial charge in [0, 0.05) is 12.7 Å². The van der Waals surface area contributed by atoms with Gasteiger partial charge in [-0.1, -0.05) is 24.3 Å². The number of aliphatic hydroxyl groups is 1. The lowest BCUT2D eigenvalue weighted by Crippen LogP contribution is -2.29. The molecule has 1 aliphatic heterocycles. The van der Waals surface area contributed by atoms with E-state index in [1.165, 1.54) is 24.1 Å². The van der Waals surface area contributed by atoms with Crippen LogP contribution >= 0.6 is 0 Å². The van der Waals surface area contributed by atoms with Gasteiger partial charge in [0.15, 0.2) is 0 Å². The van der Waals surface area contributed by atoms with Gasteiger partial charge in [-0.2, -0.15) is 0 Å². The van der Waals surface area contributed by atoms with E-state index in [0.29, 0.717) is 22.6 Å². The number of rotatable bonds is 5. The monoisotopic (exact) mass is 446 g/mol. The molecule has 1 aliphatic rings. The molecule has 33 heavy (non-hydrogen) atoms. The number of carbonyl (C=O) groups is 2. The molecule has 1 amide bonds. The molecule has 0 aliphatic carbocycles. The fourth-order valence-electron chi connectivity index (χ4n) is 4.22. The molecule has 7 heteroatoms. The maximum Gasteiger partial charge on any atom is 0.296 e. The molecule has 1 unspecified atom stereocenters. The standard InChI is InChI=1S/C26H23FN2O4/c1-15-12-16(2)25(33-3)19(13-15)23(30)21-22(20-6-4-5-11-28-20)29(26(32)24(21)31)14-17-7-9-18(27)10-8-17/h4-13,22,30H,14H2,1-3H3/b23-21+. The molecule has 4 rings (SSSR count).